The van der Waals surface area contributed by atoms with Gasteiger partial charge in [0.1, 0.15) is 0 Å². The number of carbonyl (C=O) groups is 2. The Kier molecular flexibility index (Phi) is 7.85. The van der Waals surface area contributed by atoms with Gasteiger partial charge in [0.05, 0.1) is 18.7 Å². The second-order valence-electron chi connectivity index (χ2n) is 6.58. The molecule has 0 aliphatic rings. The molecule has 5 nitrogen and oxygen atoms in total. The van der Waals surface area contributed by atoms with Crippen LogP contribution in [0.15, 0.2) is 30.3 Å². The van der Waals surface area contributed by atoms with Crippen LogP contribution in [0.5, 0.6) is 11.5 Å². The van der Waals surface area contributed by atoms with Crippen molar-refractivity contribution in [3.8, 4) is 11.5 Å². The average Bonchev–Trinajstić information content (AvgIpc) is 2.67. The Morgan fingerprint density at radius 3 is 2.38 bits per heavy atom. The van der Waals surface area contributed by atoms with Gasteiger partial charge in [-0.2, -0.15) is 0 Å². The highest BCUT2D eigenvalue weighted by atomic mass is 35.5. The number of hydrogen-bond donors (Lipinski definition) is 0. The topological polar surface area (TPSA) is 61.8 Å². The van der Waals surface area contributed by atoms with E-state index in [9.17, 15) is 9.59 Å². The highest BCUT2D eigenvalue weighted by molar-refractivity contribution is 6.32. The van der Waals surface area contributed by atoms with Crippen molar-refractivity contribution < 1.29 is 23.8 Å². The van der Waals surface area contributed by atoms with Gasteiger partial charge in [-0.3, -0.25) is 4.79 Å². The van der Waals surface area contributed by atoms with Crippen LogP contribution >= 0.6 is 11.6 Å². The molecule has 0 saturated carbocycles. The lowest BCUT2D eigenvalue weighted by atomic mass is 9.98. The van der Waals surface area contributed by atoms with Crippen molar-refractivity contribution in [2.24, 2.45) is 0 Å². The van der Waals surface area contributed by atoms with Crippen molar-refractivity contribution in [3.63, 3.8) is 0 Å². The average molecular weight is 417 g/mol. The molecule has 0 aliphatic carbocycles. The van der Waals surface area contributed by atoms with Crippen LogP contribution in [0.2, 0.25) is 5.02 Å². The van der Waals surface area contributed by atoms with Crippen molar-refractivity contribution in [3.05, 3.63) is 63.2 Å². The van der Waals surface area contributed by atoms with E-state index in [0.717, 1.165) is 16.7 Å². The molecule has 2 aromatic carbocycles. The number of hydrogen-bond acceptors (Lipinski definition) is 5. The second kappa shape index (κ2) is 10.1. The summed E-state index contributed by atoms with van der Waals surface area (Å²) in [7, 11) is 1.50. The van der Waals surface area contributed by atoms with Crippen molar-refractivity contribution in [2.75, 3.05) is 20.3 Å². The van der Waals surface area contributed by atoms with E-state index >= 15 is 0 Å². The molecule has 2 rings (SSSR count). The molecule has 0 amide bonds. The first-order valence-corrected chi connectivity index (χ1v) is 9.60. The minimum atomic E-state index is -0.621. The summed E-state index contributed by atoms with van der Waals surface area (Å²) >= 11 is 6.20. The minimum Gasteiger partial charge on any atom is -0.491 e. The number of ketones is 1. The van der Waals surface area contributed by atoms with Crippen LogP contribution in [0.25, 0.3) is 6.08 Å². The molecular weight excluding hydrogens is 392 g/mol. The van der Waals surface area contributed by atoms with Crippen LogP contribution in [0, 0.1) is 20.8 Å². The molecular formula is C23H25ClO5. The van der Waals surface area contributed by atoms with Gasteiger partial charge in [-0.15, -0.1) is 0 Å². The van der Waals surface area contributed by atoms with Gasteiger partial charge in [-0.05, 0) is 74.2 Å². The highest BCUT2D eigenvalue weighted by Gasteiger charge is 2.13. The summed E-state index contributed by atoms with van der Waals surface area (Å²) in [5, 5.41) is 0.367. The van der Waals surface area contributed by atoms with Crippen LogP contribution in [0.1, 0.15) is 39.5 Å². The third-order valence-electron chi connectivity index (χ3n) is 4.43. The maximum absolute atomic E-state index is 12.4. The first-order chi connectivity index (χ1) is 13.8. The maximum Gasteiger partial charge on any atom is 0.331 e. The second-order valence-corrected chi connectivity index (χ2v) is 6.99. The van der Waals surface area contributed by atoms with E-state index < -0.39 is 5.97 Å². The Bertz CT molecular complexity index is 947. The van der Waals surface area contributed by atoms with E-state index in [2.05, 4.69) is 0 Å². The lowest BCUT2D eigenvalue weighted by Gasteiger charge is -2.11. The fraction of sp³-hybridized carbons (Fsp3) is 0.304. The molecule has 0 atom stereocenters. The molecule has 6 heteroatoms. The lowest BCUT2D eigenvalue weighted by molar-refractivity contribution is -0.136. The zero-order valence-corrected chi connectivity index (χ0v) is 18.1. The minimum absolute atomic E-state index is 0.238. The summed E-state index contributed by atoms with van der Waals surface area (Å²) in [6, 6.07) is 7.14. The molecule has 0 spiro atoms. The van der Waals surface area contributed by atoms with Gasteiger partial charge >= 0.3 is 5.97 Å². The Hall–Kier alpha value is -2.79. The van der Waals surface area contributed by atoms with Crippen molar-refractivity contribution in [1.29, 1.82) is 0 Å². The molecule has 2 aromatic rings. The lowest BCUT2D eigenvalue weighted by Crippen LogP contribution is -2.14. The molecule has 0 saturated heterocycles. The number of benzene rings is 2. The summed E-state index contributed by atoms with van der Waals surface area (Å²) in [5.74, 6) is 0.0572. The summed E-state index contributed by atoms with van der Waals surface area (Å²) in [6.45, 7) is 7.77. The Balaban J connectivity index is 2.05. The fourth-order valence-corrected chi connectivity index (χ4v) is 3.13. The smallest absolute Gasteiger partial charge is 0.331 e. The molecule has 0 fully saturated rings. The molecule has 0 N–H and O–H groups in total. The van der Waals surface area contributed by atoms with E-state index in [1.807, 2.05) is 39.8 Å². The van der Waals surface area contributed by atoms with Crippen LogP contribution < -0.4 is 9.47 Å². The van der Waals surface area contributed by atoms with Crippen molar-refractivity contribution >= 4 is 29.4 Å². The predicted octanol–water partition coefficient (Wildman–Crippen LogP) is 5.11. The molecule has 0 aliphatic heterocycles. The summed E-state index contributed by atoms with van der Waals surface area (Å²) in [4.78, 5) is 24.4. The molecule has 0 unspecified atom stereocenters. The monoisotopic (exact) mass is 416 g/mol. The predicted molar refractivity (Wildman–Crippen MR) is 114 cm³/mol. The summed E-state index contributed by atoms with van der Waals surface area (Å²) in [6.07, 6.45) is 2.79. The Labute approximate surface area is 176 Å². The van der Waals surface area contributed by atoms with Crippen molar-refractivity contribution in [2.45, 2.75) is 27.7 Å². The summed E-state index contributed by atoms with van der Waals surface area (Å²) in [5.41, 5.74) is 4.21. The van der Waals surface area contributed by atoms with E-state index in [4.69, 9.17) is 25.8 Å². The number of esters is 1. The first kappa shape index (κ1) is 22.5. The SMILES string of the molecule is CCOc1cc(/C=C/C(=O)OCC(=O)c2cc(C)c(C)cc2C)cc(Cl)c1OC. The van der Waals surface area contributed by atoms with Crippen LogP contribution in [0.4, 0.5) is 0 Å². The standard InChI is InChI=1S/C23H25ClO5/c1-6-28-21-12-17(11-19(24)23(21)27-5)7-8-22(26)29-13-20(25)18-10-15(3)14(2)9-16(18)4/h7-12H,6,13H2,1-5H3/b8-7+. The maximum atomic E-state index is 12.4. The highest BCUT2D eigenvalue weighted by Crippen LogP contribution is 2.36. The van der Waals surface area contributed by atoms with E-state index in [0.29, 0.717) is 34.3 Å². The fourth-order valence-electron chi connectivity index (χ4n) is 2.83. The van der Waals surface area contributed by atoms with Crippen molar-refractivity contribution in [1.82, 2.24) is 0 Å². The first-order valence-electron chi connectivity index (χ1n) is 9.23. The Morgan fingerprint density at radius 2 is 1.72 bits per heavy atom. The van der Waals surface area contributed by atoms with Gasteiger partial charge < -0.3 is 14.2 Å². The molecule has 154 valence electrons. The molecule has 0 radical (unpaired) electrons. The zero-order valence-electron chi connectivity index (χ0n) is 17.3. The summed E-state index contributed by atoms with van der Waals surface area (Å²) < 4.78 is 15.8. The number of aryl methyl sites for hydroxylation is 3. The van der Waals surface area contributed by atoms with Crippen LogP contribution in [0.3, 0.4) is 0 Å². The normalized spacial score (nSPS) is 10.8. The Morgan fingerprint density at radius 1 is 1.03 bits per heavy atom. The van der Waals surface area contributed by atoms with E-state index in [1.165, 1.54) is 13.2 Å². The van der Waals surface area contributed by atoms with Crippen LogP contribution in [-0.4, -0.2) is 32.1 Å². The number of ether oxygens (including phenoxy) is 3. The van der Waals surface area contributed by atoms with Gasteiger partial charge in [0.15, 0.2) is 18.1 Å². The quantitative estimate of drug-likeness (QED) is 0.340. The molecule has 0 bridgehead atoms. The number of halogens is 1. The number of methoxy groups -OCH3 is 1. The van der Waals surface area contributed by atoms with Gasteiger partial charge in [-0.25, -0.2) is 4.79 Å². The number of Topliss-reactive ketones (excluding diaryl/α,β-unsaturated/α-hetero) is 1. The number of carbonyl (C=O) groups excluding carboxylic acids is 2. The molecule has 0 aromatic heterocycles. The molecule has 29 heavy (non-hydrogen) atoms. The zero-order chi connectivity index (χ0) is 21.6. The van der Waals surface area contributed by atoms with Gasteiger partial charge in [0.25, 0.3) is 0 Å². The number of rotatable bonds is 8. The third-order valence-corrected chi connectivity index (χ3v) is 4.72. The van der Waals surface area contributed by atoms with E-state index in [1.54, 1.807) is 18.2 Å². The van der Waals surface area contributed by atoms with Crippen LogP contribution in [-0.2, 0) is 9.53 Å². The van der Waals surface area contributed by atoms with Gasteiger partial charge in [-0.1, -0.05) is 17.7 Å². The van der Waals surface area contributed by atoms with Gasteiger partial charge in [0, 0.05) is 11.6 Å². The molecule has 0 heterocycles. The third kappa shape index (κ3) is 5.84. The largest absolute Gasteiger partial charge is 0.491 e. The van der Waals surface area contributed by atoms with Gasteiger partial charge in [0.2, 0.25) is 5.78 Å². The van der Waals surface area contributed by atoms with E-state index in [-0.39, 0.29) is 12.4 Å².